The molecule has 4 nitrogen and oxygen atoms in total. The number of methoxy groups -OCH3 is 1. The van der Waals surface area contributed by atoms with Crippen molar-refractivity contribution in [3.05, 3.63) is 29.8 Å². The molecule has 0 aliphatic carbocycles. The van der Waals surface area contributed by atoms with E-state index in [1.54, 1.807) is 6.07 Å². The number of benzene rings is 1. The SMILES string of the molecule is COC(=O)COc1cccc(CCCC=O)c1. The molecular formula is C13H16O4. The van der Waals surface area contributed by atoms with Gasteiger partial charge in [-0.15, -0.1) is 0 Å². The van der Waals surface area contributed by atoms with Crippen LogP contribution in [0.25, 0.3) is 0 Å². The Kier molecular flexibility index (Phi) is 5.79. The zero-order valence-corrected chi connectivity index (χ0v) is 9.85. The highest BCUT2D eigenvalue weighted by Crippen LogP contribution is 2.15. The van der Waals surface area contributed by atoms with E-state index in [9.17, 15) is 9.59 Å². The number of aryl methyl sites for hydroxylation is 1. The van der Waals surface area contributed by atoms with E-state index in [0.717, 1.165) is 24.7 Å². The van der Waals surface area contributed by atoms with Crippen LogP contribution < -0.4 is 4.74 Å². The molecule has 1 aromatic rings. The van der Waals surface area contributed by atoms with E-state index in [2.05, 4.69) is 4.74 Å². The second-order valence-electron chi connectivity index (χ2n) is 3.57. The number of unbranched alkanes of at least 4 members (excludes halogenated alkanes) is 1. The van der Waals surface area contributed by atoms with Gasteiger partial charge in [0, 0.05) is 6.42 Å². The van der Waals surface area contributed by atoms with Gasteiger partial charge in [0.25, 0.3) is 0 Å². The third kappa shape index (κ3) is 5.15. The first-order valence-electron chi connectivity index (χ1n) is 5.48. The predicted octanol–water partition coefficient (Wildman–Crippen LogP) is 1.76. The van der Waals surface area contributed by atoms with E-state index in [-0.39, 0.29) is 6.61 Å². The number of hydrogen-bond donors (Lipinski definition) is 0. The topological polar surface area (TPSA) is 52.6 Å². The lowest BCUT2D eigenvalue weighted by Crippen LogP contribution is -2.12. The first-order chi connectivity index (χ1) is 8.26. The number of aldehydes is 1. The molecule has 4 heteroatoms. The van der Waals surface area contributed by atoms with Crippen LogP contribution in [-0.2, 0) is 20.7 Å². The lowest BCUT2D eigenvalue weighted by atomic mass is 10.1. The molecule has 1 aromatic carbocycles. The maximum absolute atomic E-state index is 10.9. The Labute approximate surface area is 101 Å². The van der Waals surface area contributed by atoms with E-state index in [0.29, 0.717) is 12.2 Å². The molecule has 0 aliphatic heterocycles. The summed E-state index contributed by atoms with van der Waals surface area (Å²) in [5.74, 6) is 0.232. The maximum Gasteiger partial charge on any atom is 0.343 e. The van der Waals surface area contributed by atoms with Gasteiger partial charge in [-0.05, 0) is 30.5 Å². The van der Waals surface area contributed by atoms with Crippen LogP contribution in [0.15, 0.2) is 24.3 Å². The van der Waals surface area contributed by atoms with Crippen LogP contribution in [0.2, 0.25) is 0 Å². The third-order valence-corrected chi connectivity index (χ3v) is 2.27. The fourth-order valence-electron chi connectivity index (χ4n) is 1.38. The van der Waals surface area contributed by atoms with Gasteiger partial charge in [0.15, 0.2) is 6.61 Å². The summed E-state index contributed by atoms with van der Waals surface area (Å²) >= 11 is 0. The summed E-state index contributed by atoms with van der Waals surface area (Å²) in [7, 11) is 1.32. The number of carbonyl (C=O) groups is 2. The molecular weight excluding hydrogens is 220 g/mol. The first-order valence-corrected chi connectivity index (χ1v) is 5.48. The number of carbonyl (C=O) groups excluding carboxylic acids is 2. The molecule has 1 rings (SSSR count). The highest BCUT2D eigenvalue weighted by atomic mass is 16.6. The van der Waals surface area contributed by atoms with Gasteiger partial charge in [-0.3, -0.25) is 0 Å². The van der Waals surface area contributed by atoms with Gasteiger partial charge in [0.1, 0.15) is 12.0 Å². The van der Waals surface area contributed by atoms with Crippen molar-refractivity contribution in [2.24, 2.45) is 0 Å². The standard InChI is InChI=1S/C13H16O4/c1-16-13(15)10-17-12-7-4-6-11(9-12)5-2-3-8-14/h4,6-9H,2-3,5,10H2,1H3. The Balaban J connectivity index is 2.47. The van der Waals surface area contributed by atoms with Crippen molar-refractivity contribution in [2.75, 3.05) is 13.7 Å². The van der Waals surface area contributed by atoms with E-state index in [1.165, 1.54) is 7.11 Å². The van der Waals surface area contributed by atoms with Gasteiger partial charge in [0.2, 0.25) is 0 Å². The van der Waals surface area contributed by atoms with Crippen LogP contribution in [0.5, 0.6) is 5.75 Å². The smallest absolute Gasteiger partial charge is 0.343 e. The summed E-state index contributed by atoms with van der Waals surface area (Å²) in [6, 6.07) is 7.48. The molecule has 0 saturated heterocycles. The van der Waals surface area contributed by atoms with Crippen LogP contribution in [0.4, 0.5) is 0 Å². The van der Waals surface area contributed by atoms with Gasteiger partial charge in [0.05, 0.1) is 7.11 Å². The number of rotatable bonds is 7. The monoisotopic (exact) mass is 236 g/mol. The molecule has 0 spiro atoms. The van der Waals surface area contributed by atoms with Crippen LogP contribution in [-0.4, -0.2) is 26.0 Å². The minimum absolute atomic E-state index is 0.0890. The van der Waals surface area contributed by atoms with Crippen molar-refractivity contribution in [1.82, 2.24) is 0 Å². The molecule has 0 aromatic heterocycles. The second kappa shape index (κ2) is 7.44. The van der Waals surface area contributed by atoms with Crippen molar-refractivity contribution in [2.45, 2.75) is 19.3 Å². The van der Waals surface area contributed by atoms with Gasteiger partial charge < -0.3 is 14.3 Å². The summed E-state index contributed by atoms with van der Waals surface area (Å²) in [6.07, 6.45) is 3.13. The Hall–Kier alpha value is -1.84. The summed E-state index contributed by atoms with van der Waals surface area (Å²) in [4.78, 5) is 21.1. The zero-order valence-electron chi connectivity index (χ0n) is 9.85. The van der Waals surface area contributed by atoms with Crippen LogP contribution in [0, 0.1) is 0 Å². The quantitative estimate of drug-likeness (QED) is 0.411. The maximum atomic E-state index is 10.9. The largest absolute Gasteiger partial charge is 0.482 e. The molecule has 0 bridgehead atoms. The molecule has 92 valence electrons. The Bertz CT molecular complexity index is 373. The minimum atomic E-state index is -0.406. The fourth-order valence-corrected chi connectivity index (χ4v) is 1.38. The predicted molar refractivity (Wildman–Crippen MR) is 63.0 cm³/mol. The van der Waals surface area contributed by atoms with Gasteiger partial charge in [-0.1, -0.05) is 12.1 Å². The van der Waals surface area contributed by atoms with Gasteiger partial charge in [-0.25, -0.2) is 4.79 Å². The molecule has 0 amide bonds. The average Bonchev–Trinajstić information content (AvgIpc) is 2.37. The fraction of sp³-hybridized carbons (Fsp3) is 0.385. The lowest BCUT2D eigenvalue weighted by Gasteiger charge is -2.06. The highest BCUT2D eigenvalue weighted by molar-refractivity contribution is 5.70. The molecule has 17 heavy (non-hydrogen) atoms. The molecule has 0 fully saturated rings. The minimum Gasteiger partial charge on any atom is -0.482 e. The van der Waals surface area contributed by atoms with E-state index in [1.807, 2.05) is 18.2 Å². The van der Waals surface area contributed by atoms with Crippen molar-refractivity contribution < 1.29 is 19.1 Å². The van der Waals surface area contributed by atoms with Crippen LogP contribution in [0.3, 0.4) is 0 Å². The summed E-state index contributed by atoms with van der Waals surface area (Å²) < 4.78 is 9.74. The summed E-state index contributed by atoms with van der Waals surface area (Å²) in [6.45, 7) is -0.0890. The van der Waals surface area contributed by atoms with Crippen molar-refractivity contribution in [1.29, 1.82) is 0 Å². The zero-order chi connectivity index (χ0) is 12.5. The molecule has 0 N–H and O–H groups in total. The average molecular weight is 236 g/mol. The number of esters is 1. The molecule has 0 aliphatic rings. The van der Waals surface area contributed by atoms with Gasteiger partial charge in [-0.2, -0.15) is 0 Å². The molecule has 0 atom stereocenters. The number of hydrogen-bond acceptors (Lipinski definition) is 4. The molecule has 0 unspecified atom stereocenters. The Morgan fingerprint density at radius 3 is 2.94 bits per heavy atom. The van der Waals surface area contributed by atoms with E-state index >= 15 is 0 Å². The molecule has 0 heterocycles. The lowest BCUT2D eigenvalue weighted by molar-refractivity contribution is -0.142. The van der Waals surface area contributed by atoms with Crippen molar-refractivity contribution >= 4 is 12.3 Å². The van der Waals surface area contributed by atoms with E-state index < -0.39 is 5.97 Å². The summed E-state index contributed by atoms with van der Waals surface area (Å²) in [5, 5.41) is 0. The molecule has 0 saturated carbocycles. The molecule has 0 radical (unpaired) electrons. The van der Waals surface area contributed by atoms with Crippen molar-refractivity contribution in [3.63, 3.8) is 0 Å². The Morgan fingerprint density at radius 2 is 2.24 bits per heavy atom. The normalized spacial score (nSPS) is 9.71. The van der Waals surface area contributed by atoms with Gasteiger partial charge >= 0.3 is 5.97 Å². The summed E-state index contributed by atoms with van der Waals surface area (Å²) in [5.41, 5.74) is 1.09. The second-order valence-corrected chi connectivity index (χ2v) is 3.57. The number of ether oxygens (including phenoxy) is 2. The van der Waals surface area contributed by atoms with Crippen molar-refractivity contribution in [3.8, 4) is 5.75 Å². The Morgan fingerprint density at radius 1 is 1.41 bits per heavy atom. The third-order valence-electron chi connectivity index (χ3n) is 2.27. The highest BCUT2D eigenvalue weighted by Gasteiger charge is 2.02. The van der Waals surface area contributed by atoms with E-state index in [4.69, 9.17) is 4.74 Å². The van der Waals surface area contributed by atoms with Crippen LogP contribution >= 0.6 is 0 Å². The van der Waals surface area contributed by atoms with Crippen LogP contribution in [0.1, 0.15) is 18.4 Å². The first kappa shape index (κ1) is 13.2.